The molecule has 0 radical (unpaired) electrons. The lowest BCUT2D eigenvalue weighted by Crippen LogP contribution is -2.51. The Hall–Kier alpha value is -7.37. The van der Waals surface area contributed by atoms with Gasteiger partial charge in [-0.1, -0.05) is 89.8 Å². The molecule has 81 heavy (non-hydrogen) atoms. The molecular weight excluding hydrogens is 1030 g/mol. The van der Waals surface area contributed by atoms with Gasteiger partial charge in [0.2, 0.25) is 11.8 Å². The van der Waals surface area contributed by atoms with Gasteiger partial charge in [-0.2, -0.15) is 10.2 Å². The summed E-state index contributed by atoms with van der Waals surface area (Å²) >= 11 is 0. The highest BCUT2D eigenvalue weighted by Gasteiger charge is 2.32. The summed E-state index contributed by atoms with van der Waals surface area (Å²) in [5.41, 5.74) is 5.37. The van der Waals surface area contributed by atoms with Gasteiger partial charge in [-0.25, -0.2) is 0 Å². The molecular formula is C63H86N8O10. The molecule has 18 heteroatoms. The van der Waals surface area contributed by atoms with E-state index < -0.39 is 29.9 Å². The first kappa shape index (κ1) is 61.3. The van der Waals surface area contributed by atoms with Gasteiger partial charge in [-0.15, -0.1) is 0 Å². The molecule has 2 aliphatic carbocycles. The Labute approximate surface area is 478 Å². The summed E-state index contributed by atoms with van der Waals surface area (Å²) < 4.78 is 32.2. The molecule has 7 rings (SSSR count). The predicted octanol–water partition coefficient (Wildman–Crippen LogP) is 9.86. The number of aromatic nitrogens is 4. The van der Waals surface area contributed by atoms with Gasteiger partial charge in [0.25, 0.3) is 11.8 Å². The average Bonchev–Trinajstić information content (AvgIpc) is 4.28. The van der Waals surface area contributed by atoms with Crippen molar-refractivity contribution in [3.05, 3.63) is 95.3 Å². The maximum absolute atomic E-state index is 14.3. The van der Waals surface area contributed by atoms with E-state index in [-0.39, 0.29) is 54.0 Å². The Bertz CT molecular complexity index is 2840. The van der Waals surface area contributed by atoms with Crippen LogP contribution in [0.2, 0.25) is 0 Å². The number of carbonyl (C=O) groups excluding carboxylic acids is 5. The van der Waals surface area contributed by atoms with Crippen LogP contribution in [0.4, 0.5) is 0 Å². The molecule has 0 saturated heterocycles. The zero-order valence-electron chi connectivity index (χ0n) is 49.1. The highest BCUT2D eigenvalue weighted by Crippen LogP contribution is 2.46. The van der Waals surface area contributed by atoms with Crippen molar-refractivity contribution in [3.8, 4) is 45.5 Å². The highest BCUT2D eigenvalue weighted by molar-refractivity contribution is 5.97. The molecule has 0 spiro atoms. The van der Waals surface area contributed by atoms with E-state index in [4.69, 9.17) is 33.9 Å². The Morgan fingerprint density at radius 2 is 1.25 bits per heavy atom. The zero-order valence-corrected chi connectivity index (χ0v) is 49.1. The molecule has 2 atom stereocenters. The molecule has 2 aromatic heterocycles. The summed E-state index contributed by atoms with van der Waals surface area (Å²) in [4.78, 5) is 67.2. The fraction of sp³-hybridized carbons (Fsp3) is 0.540. The molecule has 2 aliphatic rings. The number of aryl methyl sites for hydroxylation is 1. The number of amides is 4. The molecule has 2 saturated carbocycles. The van der Waals surface area contributed by atoms with Crippen molar-refractivity contribution in [2.45, 2.75) is 161 Å². The first-order valence-electron chi connectivity index (χ1n) is 29.1. The number of hydrogen-bond acceptors (Lipinski definition) is 12. The minimum Gasteiger partial charge on any atom is -0.496 e. The summed E-state index contributed by atoms with van der Waals surface area (Å²) in [5.74, 6) is 1.64. The summed E-state index contributed by atoms with van der Waals surface area (Å²) in [7, 11) is 7.74. The van der Waals surface area contributed by atoms with E-state index in [1.807, 2.05) is 53.2 Å². The summed E-state index contributed by atoms with van der Waals surface area (Å²) in [6.07, 6.45) is 11.9. The molecule has 0 unspecified atom stereocenters. The van der Waals surface area contributed by atoms with Crippen LogP contribution in [-0.2, 0) is 38.6 Å². The summed E-state index contributed by atoms with van der Waals surface area (Å²) in [6, 6.07) is 22.1. The van der Waals surface area contributed by atoms with E-state index >= 15 is 0 Å². The minimum absolute atomic E-state index is 0.0309. The van der Waals surface area contributed by atoms with Crippen LogP contribution in [-0.4, -0.2) is 109 Å². The molecule has 2 heterocycles. The van der Waals surface area contributed by atoms with Crippen LogP contribution in [0.5, 0.6) is 23.0 Å². The lowest BCUT2D eigenvalue weighted by molar-refractivity contribution is -0.141. The minimum atomic E-state index is -0.740. The van der Waals surface area contributed by atoms with Crippen LogP contribution in [0.1, 0.15) is 156 Å². The second-order valence-corrected chi connectivity index (χ2v) is 22.2. The van der Waals surface area contributed by atoms with Crippen molar-refractivity contribution < 1.29 is 47.7 Å². The number of rotatable bonds is 30. The van der Waals surface area contributed by atoms with E-state index in [0.717, 1.165) is 81.8 Å². The summed E-state index contributed by atoms with van der Waals surface area (Å²) in [5, 5.41) is 21.6. The Kier molecular flexibility index (Phi) is 22.6. The van der Waals surface area contributed by atoms with Crippen molar-refractivity contribution in [2.24, 2.45) is 17.8 Å². The van der Waals surface area contributed by atoms with Gasteiger partial charge in [0.15, 0.2) is 11.4 Å². The molecule has 5 aromatic rings. The third kappa shape index (κ3) is 16.4. The van der Waals surface area contributed by atoms with Gasteiger partial charge >= 0.3 is 5.97 Å². The number of methoxy groups -OCH3 is 5. The normalized spacial score (nSPS) is 16.0. The molecule has 2 fully saturated rings. The first-order valence-corrected chi connectivity index (χ1v) is 29.1. The Balaban J connectivity index is 1.04. The molecule has 4 N–H and O–H groups in total. The Morgan fingerprint density at radius 1 is 0.667 bits per heavy atom. The molecule has 4 amide bonds. The van der Waals surface area contributed by atoms with Crippen LogP contribution in [0.15, 0.2) is 72.8 Å². The van der Waals surface area contributed by atoms with Crippen molar-refractivity contribution in [2.75, 3.05) is 42.1 Å². The van der Waals surface area contributed by atoms with Gasteiger partial charge in [0.1, 0.15) is 35.6 Å². The predicted molar refractivity (Wildman–Crippen MR) is 312 cm³/mol. The quantitative estimate of drug-likeness (QED) is 0.0316. The SMILES string of the molecule is CCC(CC)Cn1nc(C(=O)N[C@@H](CCc2ccccc2)C(=O)NC2CCC2)cc1-c1c(OC)cc(C2CCC(CCC[C@@H](CC(=O)NCC(=O)OC)NC(=O)c3cc(-c4c(OC)cccc4OC)n(CC(C)C)n3)CC2)cc1OC. The van der Waals surface area contributed by atoms with Gasteiger partial charge in [-0.05, 0) is 135 Å². The van der Waals surface area contributed by atoms with E-state index in [9.17, 15) is 24.0 Å². The molecule has 0 bridgehead atoms. The van der Waals surface area contributed by atoms with Crippen LogP contribution < -0.4 is 40.2 Å². The maximum Gasteiger partial charge on any atom is 0.325 e. The van der Waals surface area contributed by atoms with Gasteiger partial charge in [0.05, 0.1) is 58.1 Å². The fourth-order valence-corrected chi connectivity index (χ4v) is 11.2. The zero-order chi connectivity index (χ0) is 58.0. The Morgan fingerprint density at radius 3 is 1.79 bits per heavy atom. The molecule has 438 valence electrons. The van der Waals surface area contributed by atoms with Crippen LogP contribution in [0.25, 0.3) is 22.5 Å². The van der Waals surface area contributed by atoms with Gasteiger partial charge < -0.3 is 45.0 Å². The number of hydrogen-bond donors (Lipinski definition) is 4. The average molecular weight is 1120 g/mol. The number of esters is 1. The van der Waals surface area contributed by atoms with E-state index in [2.05, 4.69) is 61.1 Å². The van der Waals surface area contributed by atoms with Crippen LogP contribution >= 0.6 is 0 Å². The highest BCUT2D eigenvalue weighted by atomic mass is 16.5. The number of carbonyl (C=O) groups is 5. The standard InChI is InChI=1S/C63H86N8O10/c1-10-41(11-2)39-71-52(36-50(69-71)63(76)67-48(61(74)65-46-21-16-22-46)31-28-42-18-13-12-14-19-42)60-55(79-7)32-45(33-56(60)80-8)44-29-26-43(27-30-44)20-15-23-47(34-57(72)64-37-58(73)81-9)66-62(75)49-35-51(70(68-49)38-40(3)4)59-53(77-5)24-17-25-54(59)78-6/h12-14,17-19,24-25,32-33,35-36,40-41,43-44,46-48H,10-11,15-16,20-23,26-31,34,37-39H2,1-9H3,(H,64,72)(H,65,74)(H,66,75)(H,67,76)/t43?,44?,47-,48-/m0/s1. The van der Waals surface area contributed by atoms with Crippen molar-refractivity contribution in [1.82, 2.24) is 40.8 Å². The van der Waals surface area contributed by atoms with E-state index in [0.29, 0.717) is 89.7 Å². The third-order valence-corrected chi connectivity index (χ3v) is 16.2. The maximum atomic E-state index is 14.3. The van der Waals surface area contributed by atoms with Crippen molar-refractivity contribution in [1.29, 1.82) is 0 Å². The van der Waals surface area contributed by atoms with Gasteiger partial charge in [-0.3, -0.25) is 33.3 Å². The smallest absolute Gasteiger partial charge is 0.325 e. The van der Waals surface area contributed by atoms with E-state index in [1.165, 1.54) is 7.11 Å². The second-order valence-electron chi connectivity index (χ2n) is 22.2. The van der Waals surface area contributed by atoms with E-state index in [1.54, 1.807) is 45.3 Å². The topological polar surface area (TPSA) is 215 Å². The number of ether oxygens (including phenoxy) is 5. The summed E-state index contributed by atoms with van der Waals surface area (Å²) in [6.45, 7) is 9.31. The third-order valence-electron chi connectivity index (χ3n) is 16.2. The van der Waals surface area contributed by atoms with Gasteiger partial charge in [0, 0.05) is 31.6 Å². The van der Waals surface area contributed by atoms with Crippen LogP contribution in [0, 0.1) is 17.8 Å². The molecule has 18 nitrogen and oxygen atoms in total. The lowest BCUT2D eigenvalue weighted by Gasteiger charge is -2.30. The van der Waals surface area contributed by atoms with Crippen LogP contribution in [0.3, 0.4) is 0 Å². The lowest BCUT2D eigenvalue weighted by atomic mass is 9.76. The van der Waals surface area contributed by atoms with Crippen molar-refractivity contribution in [3.63, 3.8) is 0 Å². The number of benzene rings is 3. The largest absolute Gasteiger partial charge is 0.496 e. The van der Waals surface area contributed by atoms with Crippen molar-refractivity contribution >= 4 is 29.6 Å². The monoisotopic (exact) mass is 1110 g/mol. The first-order chi connectivity index (χ1) is 39.2. The number of nitrogens with zero attached hydrogens (tertiary/aromatic N) is 4. The molecule has 0 aliphatic heterocycles. The second kappa shape index (κ2) is 29.9. The molecule has 3 aromatic carbocycles. The number of nitrogens with one attached hydrogen (secondary N) is 4. The fourth-order valence-electron chi connectivity index (χ4n) is 11.2.